The zero-order valence-electron chi connectivity index (χ0n) is 14.8. The Morgan fingerprint density at radius 3 is 2.40 bits per heavy atom. The van der Waals surface area contributed by atoms with Crippen molar-refractivity contribution in [2.45, 2.75) is 63.5 Å². The number of fused-ring (bicyclic) bond motifs is 1. The van der Waals surface area contributed by atoms with E-state index in [0.29, 0.717) is 6.67 Å². The molecule has 2 heterocycles. The fourth-order valence-electron chi connectivity index (χ4n) is 4.53. The number of benzene rings is 1. The summed E-state index contributed by atoms with van der Waals surface area (Å²) >= 11 is 0. The highest BCUT2D eigenvalue weighted by atomic mass is 16.2. The molecular weight excluding hydrogens is 314 g/mol. The lowest BCUT2D eigenvalue weighted by atomic mass is 9.84. The second kappa shape index (κ2) is 6.79. The molecule has 0 radical (unpaired) electrons. The van der Waals surface area contributed by atoms with E-state index in [1.54, 1.807) is 0 Å². The molecule has 1 saturated carbocycles. The SMILES string of the molecule is O=C1NC2(CCCCCCC2)C(=O)N1CN1CCc2ccccc2C1. The van der Waals surface area contributed by atoms with Crippen molar-refractivity contribution in [1.82, 2.24) is 15.1 Å². The zero-order chi connectivity index (χ0) is 17.3. The van der Waals surface area contributed by atoms with Gasteiger partial charge in [-0.05, 0) is 30.4 Å². The molecule has 2 fully saturated rings. The van der Waals surface area contributed by atoms with E-state index in [2.05, 4.69) is 34.5 Å². The lowest BCUT2D eigenvalue weighted by Crippen LogP contribution is -2.48. The van der Waals surface area contributed by atoms with Gasteiger partial charge in [-0.15, -0.1) is 0 Å². The highest BCUT2D eigenvalue weighted by molar-refractivity contribution is 6.07. The minimum Gasteiger partial charge on any atom is -0.323 e. The maximum absolute atomic E-state index is 13.1. The van der Waals surface area contributed by atoms with Crippen molar-refractivity contribution in [3.63, 3.8) is 0 Å². The Bertz CT molecular complexity index is 665. The first-order valence-corrected chi connectivity index (χ1v) is 9.61. The quantitative estimate of drug-likeness (QED) is 0.841. The van der Waals surface area contributed by atoms with Crippen LogP contribution in [0.1, 0.15) is 56.1 Å². The number of imide groups is 1. The molecule has 0 bridgehead atoms. The summed E-state index contributed by atoms with van der Waals surface area (Å²) < 4.78 is 0. The second-order valence-electron chi connectivity index (χ2n) is 7.73. The van der Waals surface area contributed by atoms with Crippen molar-refractivity contribution in [1.29, 1.82) is 0 Å². The van der Waals surface area contributed by atoms with Gasteiger partial charge >= 0.3 is 6.03 Å². The second-order valence-corrected chi connectivity index (χ2v) is 7.73. The molecule has 1 spiro atoms. The number of carbonyl (C=O) groups is 2. The van der Waals surface area contributed by atoms with Gasteiger partial charge in [0, 0.05) is 13.1 Å². The maximum Gasteiger partial charge on any atom is 0.326 e. The molecule has 0 aromatic heterocycles. The Balaban J connectivity index is 1.46. The minimum atomic E-state index is -0.634. The van der Waals surface area contributed by atoms with Crippen LogP contribution in [0.5, 0.6) is 0 Å². The van der Waals surface area contributed by atoms with Gasteiger partial charge < -0.3 is 5.32 Å². The van der Waals surface area contributed by atoms with E-state index >= 15 is 0 Å². The standard InChI is InChI=1S/C20H27N3O2/c24-18-20(11-6-2-1-3-7-12-20)21-19(25)23(18)15-22-13-10-16-8-4-5-9-17(16)14-22/h4-5,8-9H,1-3,6-7,10-15H2,(H,21,25). The van der Waals surface area contributed by atoms with Gasteiger partial charge in [-0.3, -0.25) is 9.69 Å². The van der Waals surface area contributed by atoms with Gasteiger partial charge in [0.05, 0.1) is 6.67 Å². The summed E-state index contributed by atoms with van der Waals surface area (Å²) in [5.74, 6) is -0.00161. The van der Waals surface area contributed by atoms with Crippen molar-refractivity contribution in [3.8, 4) is 0 Å². The predicted octanol–water partition coefficient (Wildman–Crippen LogP) is 3.04. The topological polar surface area (TPSA) is 52.7 Å². The Labute approximate surface area is 149 Å². The van der Waals surface area contributed by atoms with Crippen LogP contribution in [-0.2, 0) is 17.8 Å². The highest BCUT2D eigenvalue weighted by Gasteiger charge is 2.50. The molecule has 3 amide bonds. The minimum absolute atomic E-state index is 0.00161. The van der Waals surface area contributed by atoms with Gasteiger partial charge in [0.25, 0.3) is 5.91 Å². The number of nitrogens with one attached hydrogen (secondary N) is 1. The first-order valence-electron chi connectivity index (χ1n) is 9.61. The molecule has 5 heteroatoms. The summed E-state index contributed by atoms with van der Waals surface area (Å²) in [5.41, 5.74) is 2.06. The predicted molar refractivity (Wildman–Crippen MR) is 95.9 cm³/mol. The lowest BCUT2D eigenvalue weighted by Gasteiger charge is -2.32. The van der Waals surface area contributed by atoms with E-state index in [1.165, 1.54) is 22.4 Å². The number of rotatable bonds is 2. The van der Waals surface area contributed by atoms with Gasteiger partial charge in [0.15, 0.2) is 0 Å². The van der Waals surface area contributed by atoms with Crippen LogP contribution < -0.4 is 5.32 Å². The number of nitrogens with zero attached hydrogens (tertiary/aromatic N) is 2. The Morgan fingerprint density at radius 2 is 1.64 bits per heavy atom. The Morgan fingerprint density at radius 1 is 0.960 bits per heavy atom. The molecule has 2 aliphatic heterocycles. The van der Waals surface area contributed by atoms with E-state index < -0.39 is 5.54 Å². The van der Waals surface area contributed by atoms with Crippen LogP contribution in [0, 0.1) is 0 Å². The Hall–Kier alpha value is -1.88. The third kappa shape index (κ3) is 3.17. The van der Waals surface area contributed by atoms with Crippen molar-refractivity contribution in [2.24, 2.45) is 0 Å². The molecule has 5 nitrogen and oxygen atoms in total. The number of urea groups is 1. The van der Waals surface area contributed by atoms with Crippen molar-refractivity contribution >= 4 is 11.9 Å². The molecule has 134 valence electrons. The van der Waals surface area contributed by atoms with Crippen LogP contribution in [0.25, 0.3) is 0 Å². The molecule has 1 N–H and O–H groups in total. The molecular formula is C20H27N3O2. The molecule has 3 aliphatic rings. The number of hydrogen-bond donors (Lipinski definition) is 1. The molecule has 1 saturated heterocycles. The van der Waals surface area contributed by atoms with Gasteiger partial charge in [-0.1, -0.05) is 56.4 Å². The summed E-state index contributed by atoms with van der Waals surface area (Å²) in [6.07, 6.45) is 8.17. The van der Waals surface area contributed by atoms with Crippen LogP contribution in [0.2, 0.25) is 0 Å². The number of carbonyl (C=O) groups excluding carboxylic acids is 2. The number of hydrogen-bond acceptors (Lipinski definition) is 3. The van der Waals surface area contributed by atoms with Crippen LogP contribution in [0.15, 0.2) is 24.3 Å². The average Bonchev–Trinajstić information content (AvgIpc) is 2.83. The molecule has 1 aromatic carbocycles. The van der Waals surface area contributed by atoms with Gasteiger partial charge in [0.2, 0.25) is 0 Å². The first-order chi connectivity index (χ1) is 12.2. The monoisotopic (exact) mass is 341 g/mol. The molecule has 0 atom stereocenters. The van der Waals surface area contributed by atoms with Crippen LogP contribution in [-0.4, -0.2) is 40.5 Å². The molecule has 1 aliphatic carbocycles. The molecule has 1 aromatic rings. The fraction of sp³-hybridized carbons (Fsp3) is 0.600. The van der Waals surface area contributed by atoms with Crippen LogP contribution in [0.4, 0.5) is 4.79 Å². The van der Waals surface area contributed by atoms with Crippen LogP contribution in [0.3, 0.4) is 0 Å². The summed E-state index contributed by atoms with van der Waals surface area (Å²) in [7, 11) is 0. The van der Waals surface area contributed by atoms with Gasteiger partial charge in [0.1, 0.15) is 5.54 Å². The summed E-state index contributed by atoms with van der Waals surface area (Å²) in [6.45, 7) is 2.10. The van der Waals surface area contributed by atoms with Crippen molar-refractivity contribution in [3.05, 3.63) is 35.4 Å². The molecule has 0 unspecified atom stereocenters. The van der Waals surface area contributed by atoms with Gasteiger partial charge in [-0.25, -0.2) is 9.69 Å². The zero-order valence-corrected chi connectivity index (χ0v) is 14.8. The van der Waals surface area contributed by atoms with Crippen LogP contribution >= 0.6 is 0 Å². The molecule has 4 rings (SSSR count). The third-order valence-corrected chi connectivity index (χ3v) is 6.00. The Kier molecular flexibility index (Phi) is 4.50. The van der Waals surface area contributed by atoms with E-state index in [4.69, 9.17) is 0 Å². The normalized spacial score (nSPS) is 23.9. The third-order valence-electron chi connectivity index (χ3n) is 6.00. The smallest absolute Gasteiger partial charge is 0.323 e. The van der Waals surface area contributed by atoms with Gasteiger partial charge in [-0.2, -0.15) is 0 Å². The van der Waals surface area contributed by atoms with E-state index in [0.717, 1.165) is 58.0 Å². The maximum atomic E-state index is 13.1. The van der Waals surface area contributed by atoms with E-state index in [9.17, 15) is 9.59 Å². The van der Waals surface area contributed by atoms with E-state index in [-0.39, 0.29) is 11.9 Å². The summed E-state index contributed by atoms with van der Waals surface area (Å²) in [4.78, 5) is 29.3. The van der Waals surface area contributed by atoms with Crippen molar-refractivity contribution < 1.29 is 9.59 Å². The first kappa shape index (κ1) is 16.6. The highest BCUT2D eigenvalue weighted by Crippen LogP contribution is 2.32. The lowest BCUT2D eigenvalue weighted by molar-refractivity contribution is -0.133. The largest absolute Gasteiger partial charge is 0.326 e. The summed E-state index contributed by atoms with van der Waals surface area (Å²) in [5, 5.41) is 3.06. The van der Waals surface area contributed by atoms with E-state index in [1.807, 2.05) is 0 Å². The molecule has 25 heavy (non-hydrogen) atoms. The number of amides is 3. The summed E-state index contributed by atoms with van der Waals surface area (Å²) in [6, 6.07) is 8.24. The fourth-order valence-corrected chi connectivity index (χ4v) is 4.53. The van der Waals surface area contributed by atoms with Crippen molar-refractivity contribution in [2.75, 3.05) is 13.2 Å². The average molecular weight is 341 g/mol.